The first-order chi connectivity index (χ1) is 7.00. The summed E-state index contributed by atoms with van der Waals surface area (Å²) in [5, 5.41) is 4.47. The lowest BCUT2D eigenvalue weighted by molar-refractivity contribution is 0.808. The number of hydrogen-bond acceptors (Lipinski definition) is 3. The molecule has 2 heterocycles. The minimum atomic E-state index is 0.441. The van der Waals surface area contributed by atoms with Crippen molar-refractivity contribution in [2.75, 3.05) is 0 Å². The molecule has 2 aromatic heterocycles. The van der Waals surface area contributed by atoms with Crippen molar-refractivity contribution in [2.45, 2.75) is 40.5 Å². The molecule has 0 saturated carbocycles. The summed E-state index contributed by atoms with van der Waals surface area (Å²) in [5.41, 5.74) is 3.23. The Hall–Kier alpha value is -1.45. The molecule has 0 aliphatic carbocycles. The highest BCUT2D eigenvalue weighted by atomic mass is 15.3. The van der Waals surface area contributed by atoms with Crippen molar-refractivity contribution in [1.82, 2.24) is 19.6 Å². The van der Waals surface area contributed by atoms with Crippen LogP contribution in [-0.2, 0) is 0 Å². The molecule has 0 aromatic carbocycles. The average molecular weight is 204 g/mol. The predicted octanol–water partition coefficient (Wildman–Crippen LogP) is 2.17. The first kappa shape index (κ1) is 10.1. The molecule has 80 valence electrons. The zero-order valence-electron chi connectivity index (χ0n) is 9.87. The van der Waals surface area contributed by atoms with E-state index in [0.29, 0.717) is 5.92 Å². The Morgan fingerprint density at radius 1 is 1.07 bits per heavy atom. The van der Waals surface area contributed by atoms with Gasteiger partial charge in [-0.05, 0) is 26.7 Å². The van der Waals surface area contributed by atoms with Gasteiger partial charge < -0.3 is 0 Å². The Bertz CT molecular complexity index is 511. The molecule has 0 radical (unpaired) electrons. The van der Waals surface area contributed by atoms with Crippen LogP contribution in [0.4, 0.5) is 0 Å². The minimum Gasteiger partial charge on any atom is -0.219 e. The molecule has 0 aliphatic rings. The topological polar surface area (TPSA) is 43.1 Å². The van der Waals surface area contributed by atoms with E-state index in [1.54, 1.807) is 0 Å². The van der Waals surface area contributed by atoms with E-state index >= 15 is 0 Å². The first-order valence-corrected chi connectivity index (χ1v) is 5.21. The van der Waals surface area contributed by atoms with Gasteiger partial charge in [0.15, 0.2) is 5.65 Å². The maximum atomic E-state index is 4.47. The number of rotatable bonds is 1. The third kappa shape index (κ3) is 1.50. The number of hydrogen-bond donors (Lipinski definition) is 0. The molecule has 0 saturated heterocycles. The highest BCUT2D eigenvalue weighted by Crippen LogP contribution is 2.23. The fourth-order valence-corrected chi connectivity index (χ4v) is 2.00. The second-order valence-corrected chi connectivity index (χ2v) is 4.21. The molecule has 2 rings (SSSR count). The van der Waals surface area contributed by atoms with Crippen molar-refractivity contribution in [2.24, 2.45) is 0 Å². The van der Waals surface area contributed by atoms with Crippen LogP contribution < -0.4 is 0 Å². The van der Waals surface area contributed by atoms with Crippen LogP contribution in [0.2, 0.25) is 0 Å². The summed E-state index contributed by atoms with van der Waals surface area (Å²) in [5.74, 6) is 2.14. The van der Waals surface area contributed by atoms with Crippen molar-refractivity contribution in [3.05, 3.63) is 22.9 Å². The molecule has 0 fully saturated rings. The van der Waals surface area contributed by atoms with Crippen LogP contribution in [0, 0.1) is 20.8 Å². The standard InChI is InChI=1S/C11H16N4/c1-6(2)10-7(3)14-15-9(5)12-8(4)13-11(10)15/h6H,1-5H3. The lowest BCUT2D eigenvalue weighted by Crippen LogP contribution is -2.02. The summed E-state index contributed by atoms with van der Waals surface area (Å²) < 4.78 is 1.83. The average Bonchev–Trinajstić information content (AvgIpc) is 2.41. The monoisotopic (exact) mass is 204 g/mol. The third-order valence-electron chi connectivity index (χ3n) is 2.56. The van der Waals surface area contributed by atoms with Crippen molar-refractivity contribution in [3.63, 3.8) is 0 Å². The van der Waals surface area contributed by atoms with Crippen LogP contribution in [0.5, 0.6) is 0 Å². The molecule has 15 heavy (non-hydrogen) atoms. The zero-order chi connectivity index (χ0) is 11.2. The summed E-state index contributed by atoms with van der Waals surface area (Å²) >= 11 is 0. The molecule has 2 aromatic rings. The largest absolute Gasteiger partial charge is 0.219 e. The second kappa shape index (κ2) is 3.29. The summed E-state index contributed by atoms with van der Waals surface area (Å²) in [7, 11) is 0. The van der Waals surface area contributed by atoms with E-state index < -0.39 is 0 Å². The fraction of sp³-hybridized carbons (Fsp3) is 0.545. The van der Waals surface area contributed by atoms with Gasteiger partial charge in [-0.1, -0.05) is 13.8 Å². The van der Waals surface area contributed by atoms with Crippen LogP contribution in [0.1, 0.15) is 42.7 Å². The molecule has 0 aliphatic heterocycles. The molecular formula is C11H16N4. The van der Waals surface area contributed by atoms with Gasteiger partial charge in [0.1, 0.15) is 11.6 Å². The van der Waals surface area contributed by atoms with Crippen LogP contribution in [-0.4, -0.2) is 19.6 Å². The Morgan fingerprint density at radius 3 is 2.33 bits per heavy atom. The highest BCUT2D eigenvalue weighted by Gasteiger charge is 2.15. The predicted molar refractivity (Wildman–Crippen MR) is 59.1 cm³/mol. The summed E-state index contributed by atoms with van der Waals surface area (Å²) in [4.78, 5) is 8.77. The number of fused-ring (bicyclic) bond motifs is 1. The van der Waals surface area contributed by atoms with Crippen molar-refractivity contribution < 1.29 is 0 Å². The van der Waals surface area contributed by atoms with E-state index in [9.17, 15) is 0 Å². The van der Waals surface area contributed by atoms with Crippen LogP contribution in [0.25, 0.3) is 5.65 Å². The lowest BCUT2D eigenvalue weighted by Gasteiger charge is -2.04. The molecule has 0 spiro atoms. The Labute approximate surface area is 89.4 Å². The molecule has 0 atom stereocenters. The maximum Gasteiger partial charge on any atom is 0.162 e. The van der Waals surface area contributed by atoms with E-state index in [-0.39, 0.29) is 0 Å². The SMILES string of the molecule is Cc1nc(C)n2nc(C)c(C(C)C)c2n1. The maximum absolute atomic E-state index is 4.47. The summed E-state index contributed by atoms with van der Waals surface area (Å²) in [6.07, 6.45) is 0. The van der Waals surface area contributed by atoms with E-state index in [1.807, 2.05) is 25.3 Å². The Balaban J connectivity index is 2.86. The molecule has 0 unspecified atom stereocenters. The van der Waals surface area contributed by atoms with Gasteiger partial charge in [0.2, 0.25) is 0 Å². The van der Waals surface area contributed by atoms with Gasteiger partial charge >= 0.3 is 0 Å². The Kier molecular flexibility index (Phi) is 2.21. The molecular weight excluding hydrogens is 188 g/mol. The first-order valence-electron chi connectivity index (χ1n) is 5.21. The van der Waals surface area contributed by atoms with Crippen LogP contribution >= 0.6 is 0 Å². The Morgan fingerprint density at radius 2 is 1.73 bits per heavy atom. The summed E-state index contributed by atoms with van der Waals surface area (Å²) in [6, 6.07) is 0. The van der Waals surface area contributed by atoms with E-state index in [4.69, 9.17) is 0 Å². The van der Waals surface area contributed by atoms with Crippen molar-refractivity contribution >= 4 is 5.65 Å². The highest BCUT2D eigenvalue weighted by molar-refractivity contribution is 5.51. The lowest BCUT2D eigenvalue weighted by atomic mass is 10.0. The number of aryl methyl sites for hydroxylation is 3. The van der Waals surface area contributed by atoms with E-state index in [1.165, 1.54) is 5.56 Å². The van der Waals surface area contributed by atoms with E-state index in [0.717, 1.165) is 23.0 Å². The number of aromatic nitrogens is 4. The van der Waals surface area contributed by atoms with Gasteiger partial charge in [-0.15, -0.1) is 0 Å². The van der Waals surface area contributed by atoms with Crippen LogP contribution in [0.15, 0.2) is 0 Å². The van der Waals surface area contributed by atoms with Gasteiger partial charge in [0.05, 0.1) is 5.69 Å². The van der Waals surface area contributed by atoms with Crippen LogP contribution in [0.3, 0.4) is 0 Å². The minimum absolute atomic E-state index is 0.441. The second-order valence-electron chi connectivity index (χ2n) is 4.21. The van der Waals surface area contributed by atoms with Gasteiger partial charge in [-0.3, -0.25) is 0 Å². The van der Waals surface area contributed by atoms with Crippen molar-refractivity contribution in [3.8, 4) is 0 Å². The zero-order valence-corrected chi connectivity index (χ0v) is 9.87. The molecule has 0 amide bonds. The molecule has 0 N–H and O–H groups in total. The van der Waals surface area contributed by atoms with Gasteiger partial charge in [-0.25, -0.2) is 14.5 Å². The van der Waals surface area contributed by atoms with Gasteiger partial charge in [0, 0.05) is 5.56 Å². The molecule has 4 nitrogen and oxygen atoms in total. The smallest absolute Gasteiger partial charge is 0.162 e. The fourth-order valence-electron chi connectivity index (χ4n) is 2.00. The summed E-state index contributed by atoms with van der Waals surface area (Å²) in [6.45, 7) is 10.2. The van der Waals surface area contributed by atoms with Crippen molar-refractivity contribution in [1.29, 1.82) is 0 Å². The normalized spacial score (nSPS) is 11.6. The molecule has 4 heteroatoms. The number of nitrogens with zero attached hydrogens (tertiary/aromatic N) is 4. The van der Waals surface area contributed by atoms with E-state index in [2.05, 4.69) is 28.9 Å². The van der Waals surface area contributed by atoms with Gasteiger partial charge in [0.25, 0.3) is 0 Å². The quantitative estimate of drug-likeness (QED) is 0.715. The third-order valence-corrected chi connectivity index (χ3v) is 2.56. The molecule has 0 bridgehead atoms. The van der Waals surface area contributed by atoms with Gasteiger partial charge in [-0.2, -0.15) is 5.10 Å².